The molecule has 14 heteroatoms. The molecule has 0 bridgehead atoms. The van der Waals surface area contributed by atoms with Gasteiger partial charge in [0.25, 0.3) is 0 Å². The Morgan fingerprint density at radius 3 is 2.25 bits per heavy atom. The van der Waals surface area contributed by atoms with Crippen molar-refractivity contribution in [1.29, 1.82) is 0 Å². The van der Waals surface area contributed by atoms with Crippen LogP contribution in [0.2, 0.25) is 0 Å². The summed E-state index contributed by atoms with van der Waals surface area (Å²) in [7, 11) is -9.59. The van der Waals surface area contributed by atoms with Crippen LogP contribution in [0.3, 0.4) is 0 Å². The molecule has 4 N–H and O–H groups in total. The largest absolute Gasteiger partial charge is 1.00 e. The van der Waals surface area contributed by atoms with Gasteiger partial charge in [0.1, 0.15) is 18.3 Å². The first kappa shape index (κ1) is 20.6. The molecule has 0 radical (unpaired) electrons. The Balaban J connectivity index is 0.00000361. The number of hydrogen-bond donors (Lipinski definition) is 4. The van der Waals surface area contributed by atoms with E-state index in [0.29, 0.717) is 0 Å². The Hall–Kier alpha value is 0.620. The third kappa shape index (κ3) is 7.06. The number of ether oxygens (including phenoxy) is 1. The summed E-state index contributed by atoms with van der Waals surface area (Å²) >= 11 is 0. The maximum absolute atomic E-state index is 10.5. The normalized spacial score (nSPS) is 31.6. The van der Waals surface area contributed by atoms with Gasteiger partial charge in [-0.05, 0) is 0 Å². The molecule has 4 atom stereocenters. The van der Waals surface area contributed by atoms with Crippen molar-refractivity contribution in [1.82, 2.24) is 4.72 Å². The molecule has 1 heterocycles. The number of aliphatic hydroxyl groups is 2. The smallest absolute Gasteiger partial charge is 0.726 e. The molecule has 0 amide bonds. The van der Waals surface area contributed by atoms with E-state index in [-0.39, 0.29) is 29.6 Å². The van der Waals surface area contributed by atoms with Gasteiger partial charge in [0.05, 0.1) is 19.3 Å². The molecule has 0 aromatic rings. The molecule has 0 spiro atoms. The molecule has 0 saturated carbocycles. The van der Waals surface area contributed by atoms with Crippen LogP contribution in [-0.4, -0.2) is 73.7 Å². The van der Waals surface area contributed by atoms with Crippen LogP contribution >= 0.6 is 0 Å². The zero-order valence-electron chi connectivity index (χ0n) is 10.2. The summed E-state index contributed by atoms with van der Waals surface area (Å²) in [6.07, 6.45) is -4.73. The molecule has 3 unspecified atom stereocenters. The van der Waals surface area contributed by atoms with Crippen LogP contribution in [0, 0.1) is 0 Å². The Morgan fingerprint density at radius 2 is 1.80 bits per heavy atom. The van der Waals surface area contributed by atoms with Crippen LogP contribution < -0.4 is 34.3 Å². The fraction of sp³-hybridized carbons (Fsp3) is 1.00. The average molecular weight is 345 g/mol. The number of hydrogen-bond acceptors (Lipinski definition) is 9. The topological polar surface area (TPSA) is 183 Å². The molecular weight excluding hydrogens is 333 g/mol. The minimum Gasteiger partial charge on any atom is -0.726 e. The Labute approximate surface area is 137 Å². The Kier molecular flexibility index (Phi) is 7.99. The summed E-state index contributed by atoms with van der Waals surface area (Å²) in [6.45, 7) is -1.30. The predicted molar refractivity (Wildman–Crippen MR) is 55.9 cm³/mol. The van der Waals surface area contributed by atoms with Crippen molar-refractivity contribution in [3.05, 3.63) is 0 Å². The molecular formula is C6H12NNaO10S2. The first-order valence-corrected chi connectivity index (χ1v) is 7.59. The summed E-state index contributed by atoms with van der Waals surface area (Å²) in [5.41, 5.74) is 0. The minimum atomic E-state index is -4.98. The van der Waals surface area contributed by atoms with Crippen molar-refractivity contribution in [3.8, 4) is 0 Å². The fourth-order valence-corrected chi connectivity index (χ4v) is 2.37. The molecule has 1 rings (SSSR count). The zero-order valence-corrected chi connectivity index (χ0v) is 13.9. The van der Waals surface area contributed by atoms with E-state index in [1.807, 2.05) is 0 Å². The van der Waals surface area contributed by atoms with Crippen molar-refractivity contribution in [2.75, 3.05) is 13.2 Å². The van der Waals surface area contributed by atoms with Crippen molar-refractivity contribution in [2.45, 2.75) is 24.4 Å². The van der Waals surface area contributed by atoms with Gasteiger partial charge in [-0.25, -0.2) is 8.42 Å². The minimum absolute atomic E-state index is 0. The molecule has 11 nitrogen and oxygen atoms in total. The number of rotatable bonds is 5. The van der Waals surface area contributed by atoms with Gasteiger partial charge in [0, 0.05) is 0 Å². The monoisotopic (exact) mass is 345 g/mol. The van der Waals surface area contributed by atoms with Gasteiger partial charge >= 0.3 is 39.9 Å². The first-order valence-electron chi connectivity index (χ1n) is 4.82. The molecule has 0 aliphatic carbocycles. The average Bonchev–Trinajstić information content (AvgIpc) is 2.21. The molecule has 114 valence electrons. The number of nitrogens with one attached hydrogen (secondary N) is 1. The van der Waals surface area contributed by atoms with E-state index >= 15 is 0 Å². The molecule has 1 aliphatic heterocycles. The maximum Gasteiger partial charge on any atom is 1.00 e. The standard InChI is InChI=1S/C6H13NO10S2.Na/c8-5-3(7-18(10,11)12)1-16-4(6(5)9)2-17-19(13,14)15;/h3-9H,1-2H2,(H,10,11,12)(H,13,14,15);/q;+1/p-1/t3?,4?,5?,6-;/m1./s1. The van der Waals surface area contributed by atoms with E-state index in [4.69, 9.17) is 9.29 Å². The molecule has 0 aromatic heterocycles. The SMILES string of the molecule is O=S(=O)(O)NC1COC(COS(=O)(=O)[O-])[C@@H](O)C1O.[Na+]. The van der Waals surface area contributed by atoms with Gasteiger partial charge in [-0.2, -0.15) is 13.1 Å². The molecule has 0 aromatic carbocycles. The van der Waals surface area contributed by atoms with E-state index in [1.165, 1.54) is 0 Å². The summed E-state index contributed by atoms with van der Waals surface area (Å²) < 4.78 is 70.5. The fourth-order valence-electron chi connectivity index (χ4n) is 1.47. The van der Waals surface area contributed by atoms with Crippen LogP contribution in [0.25, 0.3) is 0 Å². The van der Waals surface area contributed by atoms with E-state index in [2.05, 4.69) is 4.18 Å². The second-order valence-electron chi connectivity index (χ2n) is 3.75. The second-order valence-corrected chi connectivity index (χ2v) is 5.98. The number of aliphatic hydroxyl groups excluding tert-OH is 2. The van der Waals surface area contributed by atoms with Gasteiger partial charge in [-0.3, -0.25) is 8.74 Å². The van der Waals surface area contributed by atoms with Crippen molar-refractivity contribution >= 4 is 20.7 Å². The van der Waals surface area contributed by atoms with Crippen molar-refractivity contribution in [3.63, 3.8) is 0 Å². The summed E-state index contributed by atoms with van der Waals surface area (Å²) in [4.78, 5) is 0. The quantitative estimate of drug-likeness (QED) is 0.212. The van der Waals surface area contributed by atoms with Crippen LogP contribution in [0.4, 0.5) is 0 Å². The van der Waals surface area contributed by atoms with Gasteiger partial charge in [-0.15, -0.1) is 0 Å². The van der Waals surface area contributed by atoms with Crippen LogP contribution in [-0.2, 0) is 29.6 Å². The maximum atomic E-state index is 10.5. The van der Waals surface area contributed by atoms with Crippen LogP contribution in [0.5, 0.6) is 0 Å². The molecule has 20 heavy (non-hydrogen) atoms. The molecule has 1 saturated heterocycles. The zero-order chi connectivity index (χ0) is 14.8. The first-order chi connectivity index (χ1) is 8.49. The third-order valence-electron chi connectivity index (χ3n) is 2.31. The van der Waals surface area contributed by atoms with Gasteiger partial charge < -0.3 is 19.5 Å². The molecule has 1 aliphatic rings. The van der Waals surface area contributed by atoms with Gasteiger partial charge in [0.2, 0.25) is 10.4 Å². The Bertz CT molecular complexity index is 504. The summed E-state index contributed by atoms with van der Waals surface area (Å²) in [5.74, 6) is 0. The predicted octanol–water partition coefficient (Wildman–Crippen LogP) is -6.65. The summed E-state index contributed by atoms with van der Waals surface area (Å²) in [5, 5.41) is 19.1. The Morgan fingerprint density at radius 1 is 1.25 bits per heavy atom. The van der Waals surface area contributed by atoms with E-state index in [0.717, 1.165) is 0 Å². The van der Waals surface area contributed by atoms with Crippen LogP contribution in [0.15, 0.2) is 0 Å². The van der Waals surface area contributed by atoms with Gasteiger partial charge in [-0.1, -0.05) is 0 Å². The molecule has 1 fully saturated rings. The third-order valence-corrected chi connectivity index (χ3v) is 3.34. The summed E-state index contributed by atoms with van der Waals surface area (Å²) in [6, 6.07) is -1.33. The van der Waals surface area contributed by atoms with Crippen molar-refractivity contribution < 1.29 is 74.6 Å². The van der Waals surface area contributed by atoms with Gasteiger partial charge in [0.15, 0.2) is 0 Å². The van der Waals surface area contributed by atoms with Crippen molar-refractivity contribution in [2.24, 2.45) is 0 Å². The van der Waals surface area contributed by atoms with E-state index < -0.39 is 58.3 Å². The second kappa shape index (κ2) is 7.75. The van der Waals surface area contributed by atoms with E-state index in [1.54, 1.807) is 4.72 Å². The van der Waals surface area contributed by atoms with Crippen LogP contribution in [0.1, 0.15) is 0 Å². The van der Waals surface area contributed by atoms with E-state index in [9.17, 15) is 31.6 Å².